The summed E-state index contributed by atoms with van der Waals surface area (Å²) in [5, 5.41) is -2.62. The fraction of sp³-hybridized carbons (Fsp3) is 0.455. The number of methoxy groups -OCH3 is 1. The average molecular weight is 325 g/mol. The first-order valence-electron chi connectivity index (χ1n) is 5.09. The van der Waals surface area contributed by atoms with Gasteiger partial charge >= 0.3 is 12.4 Å². The van der Waals surface area contributed by atoms with Crippen molar-refractivity contribution in [2.75, 3.05) is 7.11 Å². The average Bonchev–Trinajstić information content (AvgIpc) is 2.24. The molecule has 1 nitrogen and oxygen atoms in total. The van der Waals surface area contributed by atoms with Crippen molar-refractivity contribution in [3.8, 4) is 5.75 Å². The van der Waals surface area contributed by atoms with E-state index in [-0.39, 0.29) is 5.75 Å². The van der Waals surface area contributed by atoms with E-state index < -0.39 is 35.0 Å². The lowest BCUT2D eigenvalue weighted by Crippen LogP contribution is -2.39. The maximum atomic E-state index is 13.5. The summed E-state index contributed by atoms with van der Waals surface area (Å²) in [6.45, 7) is 0. The molecule has 0 radical (unpaired) electrons. The van der Waals surface area contributed by atoms with E-state index in [2.05, 4.69) is 4.74 Å². The molecule has 1 unspecified atom stereocenters. The van der Waals surface area contributed by atoms with Gasteiger partial charge in [0.05, 0.1) is 12.5 Å². The predicted molar refractivity (Wildman–Crippen MR) is 57.1 cm³/mol. The Kier molecular flexibility index (Phi) is 4.78. The van der Waals surface area contributed by atoms with Crippen LogP contribution in [0.4, 0.5) is 30.7 Å². The molecule has 20 heavy (non-hydrogen) atoms. The van der Waals surface area contributed by atoms with Crippen molar-refractivity contribution in [2.24, 2.45) is 5.92 Å². The fourth-order valence-corrected chi connectivity index (χ4v) is 2.02. The Hall–Kier alpha value is -1.18. The lowest BCUT2D eigenvalue weighted by molar-refractivity contribution is -0.285. The zero-order valence-corrected chi connectivity index (χ0v) is 10.6. The van der Waals surface area contributed by atoms with Gasteiger partial charge < -0.3 is 4.74 Å². The van der Waals surface area contributed by atoms with Gasteiger partial charge in [-0.3, -0.25) is 0 Å². The van der Waals surface area contributed by atoms with Crippen molar-refractivity contribution in [2.45, 2.75) is 17.7 Å². The number of benzene rings is 1. The second kappa shape index (κ2) is 5.67. The Balaban J connectivity index is 3.23. The van der Waals surface area contributed by atoms with Gasteiger partial charge in [0.25, 0.3) is 0 Å². The minimum absolute atomic E-state index is 0.0503. The maximum Gasteiger partial charge on any atom is 0.402 e. The molecule has 1 rings (SSSR count). The second-order valence-electron chi connectivity index (χ2n) is 3.85. The first kappa shape index (κ1) is 16.9. The SMILES string of the molecule is COc1ccc(C(Cl)C(C(F)(F)F)C(F)(F)F)c(F)c1. The molecule has 0 saturated carbocycles. The first-order chi connectivity index (χ1) is 8.98. The van der Waals surface area contributed by atoms with Crippen LogP contribution in [0, 0.1) is 11.7 Å². The smallest absolute Gasteiger partial charge is 0.402 e. The summed E-state index contributed by atoms with van der Waals surface area (Å²) in [6.07, 6.45) is -11.3. The Bertz CT molecular complexity index is 455. The highest BCUT2D eigenvalue weighted by Gasteiger charge is 2.60. The van der Waals surface area contributed by atoms with Crippen LogP contribution in [0.5, 0.6) is 5.75 Å². The van der Waals surface area contributed by atoms with Crippen LogP contribution in [0.2, 0.25) is 0 Å². The van der Waals surface area contributed by atoms with E-state index >= 15 is 0 Å². The Morgan fingerprint density at radius 1 is 1.05 bits per heavy atom. The summed E-state index contributed by atoms with van der Waals surface area (Å²) in [4.78, 5) is 0. The molecule has 1 atom stereocenters. The van der Waals surface area contributed by atoms with E-state index in [0.29, 0.717) is 6.07 Å². The van der Waals surface area contributed by atoms with E-state index in [4.69, 9.17) is 11.6 Å². The van der Waals surface area contributed by atoms with Crippen LogP contribution in [0.25, 0.3) is 0 Å². The van der Waals surface area contributed by atoms with Gasteiger partial charge in [-0.15, -0.1) is 11.6 Å². The lowest BCUT2D eigenvalue weighted by atomic mass is 9.97. The molecule has 0 saturated heterocycles. The molecular formula is C11H8ClF7O. The van der Waals surface area contributed by atoms with Crippen molar-refractivity contribution in [1.29, 1.82) is 0 Å². The minimum Gasteiger partial charge on any atom is -0.497 e. The van der Waals surface area contributed by atoms with Gasteiger partial charge in [-0.2, -0.15) is 26.3 Å². The van der Waals surface area contributed by atoms with Gasteiger partial charge in [-0.25, -0.2) is 4.39 Å². The summed E-state index contributed by atoms with van der Waals surface area (Å²) >= 11 is 5.22. The molecule has 0 fully saturated rings. The molecule has 114 valence electrons. The number of rotatable bonds is 3. The highest BCUT2D eigenvalue weighted by Crippen LogP contribution is 2.49. The van der Waals surface area contributed by atoms with Crippen molar-refractivity contribution in [3.63, 3.8) is 0 Å². The third-order valence-corrected chi connectivity index (χ3v) is 2.99. The highest BCUT2D eigenvalue weighted by atomic mass is 35.5. The topological polar surface area (TPSA) is 9.23 Å². The second-order valence-corrected chi connectivity index (χ2v) is 4.32. The van der Waals surface area contributed by atoms with Gasteiger partial charge in [-0.1, -0.05) is 6.07 Å². The quantitative estimate of drug-likeness (QED) is 0.570. The Morgan fingerprint density at radius 2 is 1.55 bits per heavy atom. The van der Waals surface area contributed by atoms with Crippen molar-refractivity contribution >= 4 is 11.6 Å². The molecule has 0 N–H and O–H groups in total. The minimum atomic E-state index is -5.64. The predicted octanol–water partition coefficient (Wildman–Crippen LogP) is 4.86. The number of alkyl halides is 7. The van der Waals surface area contributed by atoms with E-state index in [0.717, 1.165) is 12.1 Å². The van der Waals surface area contributed by atoms with Crippen LogP contribution in [0.15, 0.2) is 18.2 Å². The van der Waals surface area contributed by atoms with Crippen LogP contribution in [-0.4, -0.2) is 19.5 Å². The van der Waals surface area contributed by atoms with E-state index in [1.54, 1.807) is 0 Å². The number of hydrogen-bond acceptors (Lipinski definition) is 1. The van der Waals surface area contributed by atoms with Crippen LogP contribution < -0.4 is 4.74 Å². The zero-order chi connectivity index (χ0) is 15.7. The number of halogens is 8. The maximum absolute atomic E-state index is 13.5. The van der Waals surface area contributed by atoms with E-state index in [1.165, 1.54) is 7.11 Å². The number of hydrogen-bond donors (Lipinski definition) is 0. The molecule has 9 heteroatoms. The molecule has 0 aliphatic heterocycles. The molecule has 1 aromatic carbocycles. The van der Waals surface area contributed by atoms with Crippen molar-refractivity contribution in [3.05, 3.63) is 29.6 Å². The highest BCUT2D eigenvalue weighted by molar-refractivity contribution is 6.21. The van der Waals surface area contributed by atoms with Gasteiger partial charge in [0.15, 0.2) is 5.92 Å². The van der Waals surface area contributed by atoms with Crippen LogP contribution >= 0.6 is 11.6 Å². The monoisotopic (exact) mass is 324 g/mol. The third kappa shape index (κ3) is 3.68. The lowest BCUT2D eigenvalue weighted by Gasteiger charge is -2.27. The summed E-state index contributed by atoms with van der Waals surface area (Å²) in [6, 6.07) is 2.42. The Labute approximate surface area is 114 Å². The molecule has 0 amide bonds. The molecule has 0 spiro atoms. The summed E-state index contributed by atoms with van der Waals surface area (Å²) in [5.41, 5.74) is -0.896. The van der Waals surface area contributed by atoms with Gasteiger partial charge in [0.1, 0.15) is 11.6 Å². The molecule has 0 aromatic heterocycles. The zero-order valence-electron chi connectivity index (χ0n) is 9.82. The number of ether oxygens (including phenoxy) is 1. The summed E-state index contributed by atoms with van der Waals surface area (Å²) < 4.78 is 93.0. The molecule has 0 bridgehead atoms. The Morgan fingerprint density at radius 3 is 1.90 bits per heavy atom. The fourth-order valence-electron chi connectivity index (χ4n) is 1.56. The summed E-state index contributed by atoms with van der Waals surface area (Å²) in [7, 11) is 1.17. The van der Waals surface area contributed by atoms with Crippen LogP contribution in [0.1, 0.15) is 10.9 Å². The van der Waals surface area contributed by atoms with Crippen LogP contribution in [-0.2, 0) is 0 Å². The van der Waals surface area contributed by atoms with Crippen LogP contribution in [0.3, 0.4) is 0 Å². The van der Waals surface area contributed by atoms with Crippen molar-refractivity contribution in [1.82, 2.24) is 0 Å². The standard InChI is InChI=1S/C11H8ClF7O/c1-20-5-2-3-6(7(13)4-5)8(12)9(10(14,15)16)11(17,18)19/h2-4,8-9H,1H3. The van der Waals surface area contributed by atoms with E-state index in [1.807, 2.05) is 0 Å². The van der Waals surface area contributed by atoms with E-state index in [9.17, 15) is 30.7 Å². The molecule has 1 aromatic rings. The third-order valence-electron chi connectivity index (χ3n) is 2.50. The van der Waals surface area contributed by atoms with Gasteiger partial charge in [0.2, 0.25) is 0 Å². The molecule has 0 aliphatic carbocycles. The summed E-state index contributed by atoms with van der Waals surface area (Å²) in [5.74, 6) is -5.21. The molecule has 0 heterocycles. The van der Waals surface area contributed by atoms with Crippen molar-refractivity contribution < 1.29 is 35.5 Å². The first-order valence-corrected chi connectivity index (χ1v) is 5.53. The molecule has 0 aliphatic rings. The normalized spacial score (nSPS) is 14.5. The largest absolute Gasteiger partial charge is 0.497 e. The van der Waals surface area contributed by atoms with Gasteiger partial charge in [0, 0.05) is 11.6 Å². The van der Waals surface area contributed by atoms with Gasteiger partial charge in [-0.05, 0) is 6.07 Å². The molecular weight excluding hydrogens is 317 g/mol.